The van der Waals surface area contributed by atoms with E-state index in [2.05, 4.69) is 10.6 Å². The van der Waals surface area contributed by atoms with E-state index in [0.29, 0.717) is 18.4 Å². The van der Waals surface area contributed by atoms with Gasteiger partial charge in [-0.2, -0.15) is 0 Å². The highest BCUT2D eigenvalue weighted by molar-refractivity contribution is 5.92. The smallest absolute Gasteiger partial charge is 0.408 e. The third-order valence-corrected chi connectivity index (χ3v) is 6.32. The van der Waals surface area contributed by atoms with Crippen LogP contribution in [0, 0.1) is 12.8 Å². The fraction of sp³-hybridized carbons (Fsp3) is 0.655. The van der Waals surface area contributed by atoms with E-state index in [0.717, 1.165) is 5.56 Å². The van der Waals surface area contributed by atoms with E-state index >= 15 is 0 Å². The van der Waals surface area contributed by atoms with Crippen LogP contribution in [0.4, 0.5) is 4.79 Å². The van der Waals surface area contributed by atoms with Crippen molar-refractivity contribution in [3.8, 4) is 0 Å². The summed E-state index contributed by atoms with van der Waals surface area (Å²) in [6, 6.07) is 5.24. The predicted octanol–water partition coefficient (Wildman–Crippen LogP) is 4.67. The van der Waals surface area contributed by atoms with Gasteiger partial charge in [-0.3, -0.25) is 14.4 Å². The summed E-state index contributed by atoms with van der Waals surface area (Å²) in [7, 11) is 0. The first-order valence-corrected chi connectivity index (χ1v) is 13.6. The van der Waals surface area contributed by atoms with Crippen molar-refractivity contribution >= 4 is 23.9 Å². The van der Waals surface area contributed by atoms with Crippen molar-refractivity contribution in [3.05, 3.63) is 35.4 Å². The van der Waals surface area contributed by atoms with Gasteiger partial charge >= 0.3 is 12.1 Å². The Kier molecular flexibility index (Phi) is 13.3. The summed E-state index contributed by atoms with van der Waals surface area (Å²) >= 11 is 0. The minimum atomic E-state index is -0.966. The number of hydrogen-bond acceptors (Lipinski definition) is 6. The first-order chi connectivity index (χ1) is 17.7. The van der Waals surface area contributed by atoms with Crippen LogP contribution in [0.3, 0.4) is 0 Å². The molecule has 4 unspecified atom stereocenters. The molecule has 9 heteroatoms. The summed E-state index contributed by atoms with van der Waals surface area (Å²) in [6.45, 7) is 16.9. The highest BCUT2D eigenvalue weighted by Gasteiger charge is 2.40. The maximum absolute atomic E-state index is 14.2. The van der Waals surface area contributed by atoms with Crippen LogP contribution in [0.15, 0.2) is 24.3 Å². The number of carbonyl (C=O) groups excluding carboxylic acids is 4. The molecule has 214 valence electrons. The van der Waals surface area contributed by atoms with Crippen LogP contribution < -0.4 is 10.6 Å². The Morgan fingerprint density at radius 1 is 0.974 bits per heavy atom. The third-order valence-electron chi connectivity index (χ3n) is 6.32. The van der Waals surface area contributed by atoms with Crippen molar-refractivity contribution in [1.82, 2.24) is 15.5 Å². The van der Waals surface area contributed by atoms with Gasteiger partial charge in [-0.25, -0.2) is 4.79 Å². The number of amides is 3. The zero-order valence-corrected chi connectivity index (χ0v) is 24.6. The number of aryl methyl sites for hydroxylation is 1. The minimum absolute atomic E-state index is 0.0210. The normalized spacial score (nSPS) is 14.4. The Labute approximate surface area is 228 Å². The minimum Gasteiger partial charge on any atom is -0.466 e. The average molecular weight is 534 g/mol. The molecule has 0 aromatic heterocycles. The van der Waals surface area contributed by atoms with E-state index < -0.39 is 35.7 Å². The van der Waals surface area contributed by atoms with E-state index in [1.807, 2.05) is 58.9 Å². The third kappa shape index (κ3) is 10.3. The van der Waals surface area contributed by atoms with Gasteiger partial charge in [0.25, 0.3) is 0 Å². The molecule has 3 amide bonds. The molecule has 0 saturated heterocycles. The first kappa shape index (κ1) is 32.9. The maximum atomic E-state index is 14.2. The van der Waals surface area contributed by atoms with Gasteiger partial charge in [-0.05, 0) is 59.4 Å². The zero-order chi connectivity index (χ0) is 29.0. The molecule has 0 spiro atoms. The lowest BCUT2D eigenvalue weighted by Gasteiger charge is -2.39. The van der Waals surface area contributed by atoms with Crippen molar-refractivity contribution in [2.45, 2.75) is 105 Å². The Balaban J connectivity index is 3.45. The molecule has 0 aliphatic rings. The molecule has 0 heterocycles. The molecule has 0 bridgehead atoms. The Bertz CT molecular complexity index is 925. The quantitative estimate of drug-likeness (QED) is 0.356. The van der Waals surface area contributed by atoms with E-state index in [9.17, 15) is 19.2 Å². The second kappa shape index (κ2) is 15.3. The topological polar surface area (TPSA) is 114 Å². The van der Waals surface area contributed by atoms with Gasteiger partial charge in [-0.15, -0.1) is 0 Å². The molecular formula is C29H47N3O6. The molecule has 0 aliphatic heterocycles. The summed E-state index contributed by atoms with van der Waals surface area (Å²) in [5.74, 6) is -1.40. The van der Waals surface area contributed by atoms with E-state index in [4.69, 9.17) is 9.47 Å². The number of alkyl carbamates (subject to hydrolysis) is 1. The molecule has 4 atom stereocenters. The molecule has 0 aliphatic carbocycles. The molecule has 38 heavy (non-hydrogen) atoms. The van der Waals surface area contributed by atoms with Crippen molar-refractivity contribution in [1.29, 1.82) is 0 Å². The van der Waals surface area contributed by atoms with Crippen LogP contribution in [-0.2, 0) is 23.9 Å². The fourth-order valence-electron chi connectivity index (χ4n) is 3.88. The van der Waals surface area contributed by atoms with Gasteiger partial charge in [0.05, 0.1) is 13.0 Å². The number of ether oxygens (including phenoxy) is 2. The van der Waals surface area contributed by atoms with Gasteiger partial charge in [0, 0.05) is 12.6 Å². The van der Waals surface area contributed by atoms with Crippen molar-refractivity contribution in [3.63, 3.8) is 0 Å². The monoisotopic (exact) mass is 533 g/mol. The van der Waals surface area contributed by atoms with Gasteiger partial charge in [0.2, 0.25) is 11.8 Å². The Morgan fingerprint density at radius 2 is 1.58 bits per heavy atom. The van der Waals surface area contributed by atoms with Crippen LogP contribution in [-0.4, -0.2) is 59.6 Å². The molecular weight excluding hydrogens is 486 g/mol. The molecule has 1 rings (SSSR count). The number of benzene rings is 1. The molecule has 2 N–H and O–H groups in total. The SMILES string of the molecule is CCOC(=O)CCNC(=O)C(c1ccc(C)cc1)N(C(=O)C(NC(=O)OC(C)(C)C)C(C)CC)C(C)CC. The number of carbonyl (C=O) groups is 4. The van der Waals surface area contributed by atoms with Crippen LogP contribution >= 0.6 is 0 Å². The van der Waals surface area contributed by atoms with Crippen LogP contribution in [0.5, 0.6) is 0 Å². The first-order valence-electron chi connectivity index (χ1n) is 13.6. The van der Waals surface area contributed by atoms with Gasteiger partial charge < -0.3 is 25.0 Å². The van der Waals surface area contributed by atoms with E-state index in [1.54, 1.807) is 32.6 Å². The summed E-state index contributed by atoms with van der Waals surface area (Å²) < 4.78 is 10.4. The van der Waals surface area contributed by atoms with E-state index in [-0.39, 0.29) is 37.4 Å². The predicted molar refractivity (Wildman–Crippen MR) is 147 cm³/mol. The van der Waals surface area contributed by atoms with Crippen LogP contribution in [0.2, 0.25) is 0 Å². The summed E-state index contributed by atoms with van der Waals surface area (Å²) in [5.41, 5.74) is 0.922. The molecule has 1 aromatic rings. The van der Waals surface area contributed by atoms with Crippen molar-refractivity contribution in [2.75, 3.05) is 13.2 Å². The lowest BCUT2D eigenvalue weighted by atomic mass is 9.94. The van der Waals surface area contributed by atoms with Gasteiger partial charge in [0.1, 0.15) is 17.7 Å². The van der Waals surface area contributed by atoms with Gasteiger partial charge in [-0.1, -0.05) is 57.0 Å². The lowest BCUT2D eigenvalue weighted by molar-refractivity contribution is -0.146. The highest BCUT2D eigenvalue weighted by atomic mass is 16.6. The fourth-order valence-corrected chi connectivity index (χ4v) is 3.88. The molecule has 0 radical (unpaired) electrons. The number of nitrogens with one attached hydrogen (secondary N) is 2. The Hall–Kier alpha value is -3.10. The number of nitrogens with zero attached hydrogens (tertiary/aromatic N) is 1. The van der Waals surface area contributed by atoms with Crippen molar-refractivity contribution in [2.24, 2.45) is 5.92 Å². The summed E-state index contributed by atoms with van der Waals surface area (Å²) in [6.07, 6.45) is 0.546. The highest BCUT2D eigenvalue weighted by Crippen LogP contribution is 2.28. The molecule has 0 fully saturated rings. The molecule has 0 saturated carbocycles. The second-order valence-corrected chi connectivity index (χ2v) is 10.7. The average Bonchev–Trinajstić information content (AvgIpc) is 2.84. The summed E-state index contributed by atoms with van der Waals surface area (Å²) in [4.78, 5) is 53.9. The van der Waals surface area contributed by atoms with Crippen LogP contribution in [0.1, 0.15) is 91.8 Å². The lowest BCUT2D eigenvalue weighted by Crippen LogP contribution is -2.57. The number of esters is 1. The Morgan fingerprint density at radius 3 is 2.08 bits per heavy atom. The second-order valence-electron chi connectivity index (χ2n) is 10.7. The van der Waals surface area contributed by atoms with Gasteiger partial charge in [0.15, 0.2) is 0 Å². The largest absolute Gasteiger partial charge is 0.466 e. The number of hydrogen-bond donors (Lipinski definition) is 2. The van der Waals surface area contributed by atoms with Crippen LogP contribution in [0.25, 0.3) is 0 Å². The molecule has 9 nitrogen and oxygen atoms in total. The molecule has 1 aromatic carbocycles. The zero-order valence-electron chi connectivity index (χ0n) is 24.6. The summed E-state index contributed by atoms with van der Waals surface area (Å²) in [5, 5.41) is 5.57. The van der Waals surface area contributed by atoms with E-state index in [1.165, 1.54) is 0 Å². The maximum Gasteiger partial charge on any atom is 0.408 e. The van der Waals surface area contributed by atoms with Crippen molar-refractivity contribution < 1.29 is 28.7 Å². The number of rotatable bonds is 13. The standard InChI is InChI=1S/C29H47N3O6/c1-10-20(5)24(31-28(36)38-29(7,8)9)27(35)32(21(6)11-2)25(22-15-13-19(4)14-16-22)26(34)30-18-17-23(33)37-12-3/h13-16,20-21,24-25H,10-12,17-18H2,1-9H3,(H,30,34)(H,31,36).